The maximum absolute atomic E-state index is 12.3. The van der Waals surface area contributed by atoms with E-state index < -0.39 is 21.5 Å². The van der Waals surface area contributed by atoms with Crippen molar-refractivity contribution in [2.24, 2.45) is 0 Å². The van der Waals surface area contributed by atoms with Gasteiger partial charge in [0, 0.05) is 23.4 Å². The molecule has 1 aromatic heterocycles. The molecule has 0 saturated heterocycles. The highest BCUT2D eigenvalue weighted by molar-refractivity contribution is 9.10. The van der Waals surface area contributed by atoms with Gasteiger partial charge in [0.2, 0.25) is 5.91 Å². The summed E-state index contributed by atoms with van der Waals surface area (Å²) in [4.78, 5) is 12.2. The highest BCUT2D eigenvalue weighted by Gasteiger charge is 2.18. The van der Waals surface area contributed by atoms with Gasteiger partial charge in [0.15, 0.2) is 9.84 Å². The Kier molecular flexibility index (Phi) is 6.08. The topological polar surface area (TPSA) is 81.1 Å². The van der Waals surface area contributed by atoms with Crippen LogP contribution in [-0.2, 0) is 26.9 Å². The monoisotopic (exact) mass is 447 g/mol. The van der Waals surface area contributed by atoms with Crippen LogP contribution in [0.3, 0.4) is 0 Å². The summed E-state index contributed by atoms with van der Waals surface area (Å²) in [5, 5.41) is 6.88. The van der Waals surface area contributed by atoms with Crippen molar-refractivity contribution in [3.8, 4) is 5.69 Å². The molecule has 0 aliphatic carbocycles. The number of carbonyl (C=O) groups excluding carboxylic acids is 1. The average molecular weight is 448 g/mol. The third-order valence-corrected chi connectivity index (χ3v) is 5.81. The molecule has 1 N–H and O–H groups in total. The van der Waals surface area contributed by atoms with E-state index in [0.717, 1.165) is 15.7 Å². The number of benzene rings is 2. The molecule has 8 heteroatoms. The number of sulfone groups is 1. The van der Waals surface area contributed by atoms with E-state index >= 15 is 0 Å². The van der Waals surface area contributed by atoms with Gasteiger partial charge >= 0.3 is 0 Å². The first-order valence-electron chi connectivity index (χ1n) is 8.22. The minimum Gasteiger partial charge on any atom is -0.351 e. The van der Waals surface area contributed by atoms with Gasteiger partial charge in [-0.3, -0.25) is 4.79 Å². The number of rotatable bonds is 7. The predicted molar refractivity (Wildman–Crippen MR) is 107 cm³/mol. The normalized spacial score (nSPS) is 11.3. The number of para-hydroxylation sites is 1. The Labute approximate surface area is 166 Å². The van der Waals surface area contributed by atoms with Gasteiger partial charge in [-0.25, -0.2) is 13.1 Å². The van der Waals surface area contributed by atoms with E-state index in [9.17, 15) is 13.2 Å². The van der Waals surface area contributed by atoms with E-state index in [1.807, 2.05) is 42.6 Å². The predicted octanol–water partition coefficient (Wildman–Crippen LogP) is 2.87. The highest BCUT2D eigenvalue weighted by atomic mass is 79.9. The second-order valence-electron chi connectivity index (χ2n) is 6.02. The standard InChI is InChI=1S/C19H18BrN3O3S/c20-17-7-3-5-15(11-17)13-27(25,26)14-19(24)21-12-16-6-1-2-8-18(16)23-10-4-9-22-23/h1-11H,12-14H2,(H,21,24). The molecule has 0 bridgehead atoms. The molecule has 0 fully saturated rings. The molecule has 0 aliphatic rings. The summed E-state index contributed by atoms with van der Waals surface area (Å²) >= 11 is 3.31. The molecule has 1 amide bonds. The fraction of sp³-hybridized carbons (Fsp3) is 0.158. The number of hydrogen-bond acceptors (Lipinski definition) is 4. The molecule has 1 heterocycles. The van der Waals surface area contributed by atoms with Crippen LogP contribution in [0.2, 0.25) is 0 Å². The van der Waals surface area contributed by atoms with Crippen molar-refractivity contribution in [1.82, 2.24) is 15.1 Å². The van der Waals surface area contributed by atoms with Gasteiger partial charge in [-0.15, -0.1) is 0 Å². The quantitative estimate of drug-likeness (QED) is 0.603. The molecule has 0 saturated carbocycles. The van der Waals surface area contributed by atoms with Crippen molar-refractivity contribution >= 4 is 31.7 Å². The van der Waals surface area contributed by atoms with Gasteiger partial charge in [0.25, 0.3) is 0 Å². The maximum Gasteiger partial charge on any atom is 0.235 e. The summed E-state index contributed by atoms with van der Waals surface area (Å²) in [5.74, 6) is -1.26. The Morgan fingerprint density at radius 1 is 1.11 bits per heavy atom. The van der Waals surface area contributed by atoms with Gasteiger partial charge < -0.3 is 5.32 Å². The lowest BCUT2D eigenvalue weighted by Gasteiger charge is -2.11. The number of carbonyl (C=O) groups is 1. The Morgan fingerprint density at radius 3 is 2.67 bits per heavy atom. The van der Waals surface area contributed by atoms with E-state index in [2.05, 4.69) is 26.3 Å². The fourth-order valence-electron chi connectivity index (χ4n) is 2.67. The van der Waals surface area contributed by atoms with Crippen LogP contribution in [0.15, 0.2) is 71.5 Å². The van der Waals surface area contributed by atoms with Crippen molar-refractivity contribution in [3.63, 3.8) is 0 Å². The molecule has 0 aliphatic heterocycles. The van der Waals surface area contributed by atoms with Crippen LogP contribution in [-0.4, -0.2) is 29.9 Å². The van der Waals surface area contributed by atoms with E-state index in [0.29, 0.717) is 5.56 Å². The Balaban J connectivity index is 1.62. The SMILES string of the molecule is O=C(CS(=O)(=O)Cc1cccc(Br)c1)NCc1ccccc1-n1cccn1. The van der Waals surface area contributed by atoms with Crippen molar-refractivity contribution in [3.05, 3.63) is 82.6 Å². The molecule has 27 heavy (non-hydrogen) atoms. The van der Waals surface area contributed by atoms with E-state index in [1.54, 1.807) is 29.1 Å². The molecule has 0 atom stereocenters. The third-order valence-electron chi connectivity index (χ3n) is 3.85. The van der Waals surface area contributed by atoms with E-state index in [4.69, 9.17) is 0 Å². The zero-order chi connectivity index (χ0) is 19.3. The molecule has 0 unspecified atom stereocenters. The van der Waals surface area contributed by atoms with Crippen LogP contribution in [0.25, 0.3) is 5.69 Å². The smallest absolute Gasteiger partial charge is 0.235 e. The largest absolute Gasteiger partial charge is 0.351 e. The molecule has 2 aromatic carbocycles. The van der Waals surface area contributed by atoms with Crippen molar-refractivity contribution in [1.29, 1.82) is 0 Å². The Hall–Kier alpha value is -2.45. The third kappa shape index (κ3) is 5.51. The first-order chi connectivity index (χ1) is 12.9. The summed E-state index contributed by atoms with van der Waals surface area (Å²) in [5.41, 5.74) is 2.32. The average Bonchev–Trinajstić information content (AvgIpc) is 3.14. The first kappa shape index (κ1) is 19.3. The number of aromatic nitrogens is 2. The molecule has 0 spiro atoms. The molecule has 3 aromatic rings. The lowest BCUT2D eigenvalue weighted by Crippen LogP contribution is -2.30. The zero-order valence-electron chi connectivity index (χ0n) is 14.4. The summed E-state index contributed by atoms with van der Waals surface area (Å²) < 4.78 is 27.1. The maximum atomic E-state index is 12.3. The highest BCUT2D eigenvalue weighted by Crippen LogP contribution is 2.15. The van der Waals surface area contributed by atoms with E-state index in [1.165, 1.54) is 0 Å². The number of nitrogens with one attached hydrogen (secondary N) is 1. The number of nitrogens with zero attached hydrogens (tertiary/aromatic N) is 2. The van der Waals surface area contributed by atoms with Crippen LogP contribution in [0.5, 0.6) is 0 Å². The molecule has 140 valence electrons. The van der Waals surface area contributed by atoms with Gasteiger partial charge in [0.05, 0.1) is 11.4 Å². The van der Waals surface area contributed by atoms with Crippen LogP contribution >= 0.6 is 15.9 Å². The summed E-state index contributed by atoms with van der Waals surface area (Å²) in [6, 6.07) is 16.3. The van der Waals surface area contributed by atoms with E-state index in [-0.39, 0.29) is 12.3 Å². The second-order valence-corrected chi connectivity index (χ2v) is 9.00. The summed E-state index contributed by atoms with van der Waals surface area (Å²) in [7, 11) is -3.56. The van der Waals surface area contributed by atoms with Gasteiger partial charge in [-0.2, -0.15) is 5.10 Å². The van der Waals surface area contributed by atoms with Crippen molar-refractivity contribution in [2.75, 3.05) is 5.75 Å². The first-order valence-corrected chi connectivity index (χ1v) is 10.8. The fourth-order valence-corrected chi connectivity index (χ4v) is 4.41. The molecular formula is C19H18BrN3O3S. The van der Waals surface area contributed by atoms with Crippen LogP contribution in [0.1, 0.15) is 11.1 Å². The van der Waals surface area contributed by atoms with Crippen molar-refractivity contribution in [2.45, 2.75) is 12.3 Å². The number of halogens is 1. The molecular weight excluding hydrogens is 430 g/mol. The summed E-state index contributed by atoms with van der Waals surface area (Å²) in [6.07, 6.45) is 3.48. The number of amides is 1. The second kappa shape index (κ2) is 8.49. The Morgan fingerprint density at radius 2 is 1.93 bits per heavy atom. The van der Waals surface area contributed by atoms with Crippen molar-refractivity contribution < 1.29 is 13.2 Å². The number of hydrogen-bond donors (Lipinski definition) is 1. The molecule has 0 radical (unpaired) electrons. The van der Waals surface area contributed by atoms with Gasteiger partial charge in [-0.1, -0.05) is 46.3 Å². The minimum absolute atomic E-state index is 0.177. The minimum atomic E-state index is -3.56. The zero-order valence-corrected chi connectivity index (χ0v) is 16.8. The van der Waals surface area contributed by atoms with Crippen LogP contribution in [0.4, 0.5) is 0 Å². The van der Waals surface area contributed by atoms with Crippen LogP contribution in [0, 0.1) is 0 Å². The Bertz CT molecular complexity index is 1030. The van der Waals surface area contributed by atoms with Gasteiger partial charge in [0.1, 0.15) is 5.75 Å². The lowest BCUT2D eigenvalue weighted by molar-refractivity contribution is -0.118. The molecule has 6 nitrogen and oxygen atoms in total. The summed E-state index contributed by atoms with van der Waals surface area (Å²) in [6.45, 7) is 0.223. The van der Waals surface area contributed by atoms with Gasteiger partial charge in [-0.05, 0) is 35.4 Å². The molecule has 3 rings (SSSR count). The lowest BCUT2D eigenvalue weighted by atomic mass is 10.2. The van der Waals surface area contributed by atoms with Crippen LogP contribution < -0.4 is 5.32 Å².